The second kappa shape index (κ2) is 5.34. The molecule has 0 spiro atoms. The van der Waals surface area contributed by atoms with Crippen LogP contribution in [0.1, 0.15) is 18.6 Å². The largest absolute Gasteiger partial charge is 0.386 e. The highest BCUT2D eigenvalue weighted by Crippen LogP contribution is 2.20. The smallest absolute Gasteiger partial charge is 0.115 e. The molecule has 0 amide bonds. The van der Waals surface area contributed by atoms with Gasteiger partial charge >= 0.3 is 0 Å². The van der Waals surface area contributed by atoms with Crippen molar-refractivity contribution in [2.24, 2.45) is 0 Å². The Morgan fingerprint density at radius 2 is 2.31 bits per heavy atom. The molecule has 1 aromatic rings. The number of hydrogen-bond acceptors (Lipinski definition) is 5. The summed E-state index contributed by atoms with van der Waals surface area (Å²) in [6, 6.07) is 0. The van der Waals surface area contributed by atoms with Gasteiger partial charge in [-0.2, -0.15) is 0 Å². The van der Waals surface area contributed by atoms with Crippen molar-refractivity contribution in [3.8, 4) is 0 Å². The summed E-state index contributed by atoms with van der Waals surface area (Å²) in [5.74, 6) is 0. The summed E-state index contributed by atoms with van der Waals surface area (Å²) in [5.41, 5.74) is 0.713. The number of morpholine rings is 1. The van der Waals surface area contributed by atoms with Gasteiger partial charge in [0, 0.05) is 31.0 Å². The number of likely N-dealkylation sites (N-methyl/N-ethyl adjacent to an activating group) is 1. The summed E-state index contributed by atoms with van der Waals surface area (Å²) in [5, 5.41) is 10.1. The van der Waals surface area contributed by atoms with E-state index in [1.807, 2.05) is 0 Å². The molecule has 1 aromatic heterocycles. The molecule has 2 unspecified atom stereocenters. The normalized spacial score (nSPS) is 24.2. The predicted molar refractivity (Wildman–Crippen MR) is 58.8 cm³/mol. The van der Waals surface area contributed by atoms with Crippen molar-refractivity contribution < 1.29 is 9.84 Å². The Labute approximate surface area is 95.1 Å². The molecule has 0 bridgehead atoms. The van der Waals surface area contributed by atoms with E-state index in [-0.39, 0.29) is 6.10 Å². The van der Waals surface area contributed by atoms with Crippen LogP contribution in [0.3, 0.4) is 0 Å². The molecule has 5 heteroatoms. The van der Waals surface area contributed by atoms with Gasteiger partial charge < -0.3 is 9.84 Å². The van der Waals surface area contributed by atoms with Crippen molar-refractivity contribution in [1.82, 2.24) is 14.9 Å². The van der Waals surface area contributed by atoms with Gasteiger partial charge in [-0.15, -0.1) is 0 Å². The van der Waals surface area contributed by atoms with Crippen LogP contribution < -0.4 is 0 Å². The molecule has 2 heterocycles. The lowest BCUT2D eigenvalue weighted by Crippen LogP contribution is -2.44. The number of ether oxygens (including phenoxy) is 1. The molecular formula is C11H17N3O2. The summed E-state index contributed by atoms with van der Waals surface area (Å²) >= 11 is 0. The number of aliphatic hydroxyl groups is 1. The van der Waals surface area contributed by atoms with E-state index >= 15 is 0 Å². The van der Waals surface area contributed by atoms with Crippen molar-refractivity contribution in [2.45, 2.75) is 19.1 Å². The topological polar surface area (TPSA) is 58.5 Å². The van der Waals surface area contributed by atoms with Crippen LogP contribution in [-0.4, -0.2) is 52.3 Å². The maximum atomic E-state index is 10.1. The number of aromatic nitrogens is 2. The average Bonchev–Trinajstić information content (AvgIpc) is 2.39. The van der Waals surface area contributed by atoms with Gasteiger partial charge in [-0.1, -0.05) is 6.92 Å². The molecule has 16 heavy (non-hydrogen) atoms. The number of nitrogens with zero attached hydrogens (tertiary/aromatic N) is 3. The Morgan fingerprint density at radius 3 is 3.00 bits per heavy atom. The van der Waals surface area contributed by atoms with E-state index < -0.39 is 6.10 Å². The van der Waals surface area contributed by atoms with Crippen molar-refractivity contribution in [2.75, 3.05) is 26.2 Å². The fourth-order valence-corrected chi connectivity index (χ4v) is 1.89. The third kappa shape index (κ3) is 2.55. The molecule has 1 saturated heterocycles. The molecule has 0 aromatic carbocycles. The second-order valence-corrected chi connectivity index (χ2v) is 3.92. The van der Waals surface area contributed by atoms with Gasteiger partial charge in [0.25, 0.3) is 0 Å². The van der Waals surface area contributed by atoms with E-state index in [0.717, 1.165) is 19.6 Å². The van der Waals surface area contributed by atoms with Gasteiger partial charge in [-0.3, -0.25) is 4.90 Å². The molecule has 0 aliphatic carbocycles. The Balaban J connectivity index is 2.01. The van der Waals surface area contributed by atoms with E-state index in [4.69, 9.17) is 4.74 Å². The maximum absolute atomic E-state index is 10.1. The molecule has 2 rings (SSSR count). The zero-order chi connectivity index (χ0) is 11.4. The van der Waals surface area contributed by atoms with E-state index in [2.05, 4.69) is 21.8 Å². The Morgan fingerprint density at radius 1 is 1.56 bits per heavy atom. The van der Waals surface area contributed by atoms with E-state index in [1.165, 1.54) is 6.33 Å². The SMILES string of the molecule is CCN1CCOC(C(O)c2cncnc2)C1. The standard InChI is InChI=1S/C11H17N3O2/c1-2-14-3-4-16-10(7-14)11(15)9-5-12-8-13-6-9/h5-6,8,10-11,15H,2-4,7H2,1H3. The lowest BCUT2D eigenvalue weighted by Gasteiger charge is -2.34. The van der Waals surface area contributed by atoms with E-state index in [0.29, 0.717) is 12.2 Å². The first-order valence-electron chi connectivity index (χ1n) is 5.58. The first-order valence-corrected chi connectivity index (χ1v) is 5.58. The Kier molecular flexibility index (Phi) is 3.82. The quantitative estimate of drug-likeness (QED) is 0.795. The highest BCUT2D eigenvalue weighted by molar-refractivity contribution is 5.09. The first-order chi connectivity index (χ1) is 7.81. The van der Waals surface area contributed by atoms with Crippen LogP contribution >= 0.6 is 0 Å². The summed E-state index contributed by atoms with van der Waals surface area (Å²) < 4.78 is 5.58. The average molecular weight is 223 g/mol. The van der Waals surface area contributed by atoms with Crippen molar-refractivity contribution in [3.05, 3.63) is 24.3 Å². The van der Waals surface area contributed by atoms with Crippen LogP contribution in [0.4, 0.5) is 0 Å². The number of rotatable bonds is 3. The molecule has 1 N–H and O–H groups in total. The third-order valence-corrected chi connectivity index (χ3v) is 2.90. The van der Waals surface area contributed by atoms with Gasteiger partial charge in [-0.25, -0.2) is 9.97 Å². The fraction of sp³-hybridized carbons (Fsp3) is 0.636. The predicted octanol–water partition coefficient (Wildman–Crippen LogP) is 0.231. The fourth-order valence-electron chi connectivity index (χ4n) is 1.89. The second-order valence-electron chi connectivity index (χ2n) is 3.92. The minimum Gasteiger partial charge on any atom is -0.386 e. The first kappa shape index (κ1) is 11.4. The van der Waals surface area contributed by atoms with Crippen LogP contribution in [0.25, 0.3) is 0 Å². The lowest BCUT2D eigenvalue weighted by molar-refractivity contribution is -0.0890. The summed E-state index contributed by atoms with van der Waals surface area (Å²) in [4.78, 5) is 10.1. The molecule has 88 valence electrons. The monoisotopic (exact) mass is 223 g/mol. The molecule has 1 fully saturated rings. The minimum absolute atomic E-state index is 0.181. The van der Waals surface area contributed by atoms with E-state index in [9.17, 15) is 5.11 Å². The molecule has 2 atom stereocenters. The highest BCUT2D eigenvalue weighted by Gasteiger charge is 2.27. The van der Waals surface area contributed by atoms with Crippen LogP contribution in [0.2, 0.25) is 0 Å². The summed E-state index contributed by atoms with van der Waals surface area (Å²) in [6.45, 7) is 5.46. The van der Waals surface area contributed by atoms with Crippen LogP contribution in [0, 0.1) is 0 Å². The van der Waals surface area contributed by atoms with Crippen molar-refractivity contribution in [3.63, 3.8) is 0 Å². The Bertz CT molecular complexity index is 320. The molecular weight excluding hydrogens is 206 g/mol. The van der Waals surface area contributed by atoms with Gasteiger partial charge in [0.15, 0.2) is 0 Å². The molecule has 0 saturated carbocycles. The molecule has 5 nitrogen and oxygen atoms in total. The maximum Gasteiger partial charge on any atom is 0.115 e. The lowest BCUT2D eigenvalue weighted by atomic mass is 10.1. The van der Waals surface area contributed by atoms with Gasteiger partial charge in [0.2, 0.25) is 0 Å². The van der Waals surface area contributed by atoms with Crippen LogP contribution in [-0.2, 0) is 4.74 Å². The van der Waals surface area contributed by atoms with Gasteiger partial charge in [0.1, 0.15) is 18.5 Å². The number of aliphatic hydroxyl groups excluding tert-OH is 1. The van der Waals surface area contributed by atoms with E-state index in [1.54, 1.807) is 12.4 Å². The zero-order valence-electron chi connectivity index (χ0n) is 9.41. The minimum atomic E-state index is -0.643. The van der Waals surface area contributed by atoms with Crippen molar-refractivity contribution >= 4 is 0 Å². The number of hydrogen-bond donors (Lipinski definition) is 1. The van der Waals surface area contributed by atoms with Crippen LogP contribution in [0.5, 0.6) is 0 Å². The molecule has 1 aliphatic rings. The molecule has 0 radical (unpaired) electrons. The summed E-state index contributed by atoms with van der Waals surface area (Å²) in [6.07, 6.45) is 3.89. The Hall–Kier alpha value is -1.04. The molecule has 1 aliphatic heterocycles. The zero-order valence-corrected chi connectivity index (χ0v) is 9.41. The van der Waals surface area contributed by atoms with Crippen LogP contribution in [0.15, 0.2) is 18.7 Å². The highest BCUT2D eigenvalue weighted by atomic mass is 16.5. The van der Waals surface area contributed by atoms with Gasteiger partial charge in [-0.05, 0) is 6.54 Å². The summed E-state index contributed by atoms with van der Waals surface area (Å²) in [7, 11) is 0. The third-order valence-electron chi connectivity index (χ3n) is 2.90. The van der Waals surface area contributed by atoms with Gasteiger partial charge in [0.05, 0.1) is 6.61 Å². The van der Waals surface area contributed by atoms with Crippen molar-refractivity contribution in [1.29, 1.82) is 0 Å².